The SMILES string of the molecule is Cc1cncc(-c2cc(F)cc(Cl)c2N)c1. The molecule has 1 aromatic heterocycles. The van der Waals surface area contributed by atoms with Gasteiger partial charge in [-0.05, 0) is 30.7 Å². The number of hydrogen-bond acceptors (Lipinski definition) is 2. The summed E-state index contributed by atoms with van der Waals surface area (Å²) in [5.74, 6) is -0.407. The molecular formula is C12H10ClFN2. The molecule has 82 valence electrons. The molecule has 1 aromatic carbocycles. The number of nitrogen functional groups attached to an aromatic ring is 1. The average Bonchev–Trinajstić information content (AvgIpc) is 2.23. The van der Waals surface area contributed by atoms with Crippen LogP contribution in [0.4, 0.5) is 10.1 Å². The Morgan fingerprint density at radius 1 is 1.25 bits per heavy atom. The minimum atomic E-state index is -0.407. The lowest BCUT2D eigenvalue weighted by Gasteiger charge is -2.08. The molecule has 0 aliphatic rings. The van der Waals surface area contributed by atoms with Gasteiger partial charge < -0.3 is 5.73 Å². The second kappa shape index (κ2) is 4.10. The first kappa shape index (κ1) is 10.9. The molecule has 16 heavy (non-hydrogen) atoms. The lowest BCUT2D eigenvalue weighted by atomic mass is 10.0. The van der Waals surface area contributed by atoms with E-state index in [0.717, 1.165) is 11.1 Å². The van der Waals surface area contributed by atoms with Crippen molar-refractivity contribution in [2.45, 2.75) is 6.92 Å². The van der Waals surface area contributed by atoms with Gasteiger partial charge in [0.25, 0.3) is 0 Å². The Kier molecular flexibility index (Phi) is 2.79. The van der Waals surface area contributed by atoms with Gasteiger partial charge >= 0.3 is 0 Å². The van der Waals surface area contributed by atoms with Gasteiger partial charge in [-0.25, -0.2) is 4.39 Å². The fourth-order valence-corrected chi connectivity index (χ4v) is 1.73. The van der Waals surface area contributed by atoms with Crippen LogP contribution in [-0.4, -0.2) is 4.98 Å². The van der Waals surface area contributed by atoms with Gasteiger partial charge in [-0.2, -0.15) is 0 Å². The smallest absolute Gasteiger partial charge is 0.125 e. The Labute approximate surface area is 97.9 Å². The molecule has 4 heteroatoms. The van der Waals surface area contributed by atoms with Crippen LogP contribution in [0.25, 0.3) is 11.1 Å². The Morgan fingerprint density at radius 3 is 2.69 bits per heavy atom. The highest BCUT2D eigenvalue weighted by Gasteiger charge is 2.09. The summed E-state index contributed by atoms with van der Waals surface area (Å²) in [5, 5.41) is 0.219. The molecule has 2 N–H and O–H groups in total. The van der Waals surface area contributed by atoms with E-state index in [-0.39, 0.29) is 5.02 Å². The van der Waals surface area contributed by atoms with E-state index in [4.69, 9.17) is 17.3 Å². The Bertz CT molecular complexity index is 541. The predicted octanol–water partition coefficient (Wildman–Crippen LogP) is 3.43. The zero-order chi connectivity index (χ0) is 11.7. The van der Waals surface area contributed by atoms with Crippen molar-refractivity contribution in [1.82, 2.24) is 4.98 Å². The zero-order valence-corrected chi connectivity index (χ0v) is 9.42. The molecule has 0 saturated carbocycles. The molecule has 0 bridgehead atoms. The quantitative estimate of drug-likeness (QED) is 0.771. The summed E-state index contributed by atoms with van der Waals surface area (Å²) in [4.78, 5) is 4.04. The molecule has 0 aliphatic carbocycles. The third kappa shape index (κ3) is 1.99. The number of anilines is 1. The molecule has 0 radical (unpaired) electrons. The van der Waals surface area contributed by atoms with Gasteiger partial charge in [0.2, 0.25) is 0 Å². The Morgan fingerprint density at radius 2 is 2.00 bits per heavy atom. The van der Waals surface area contributed by atoms with Crippen molar-refractivity contribution in [1.29, 1.82) is 0 Å². The van der Waals surface area contributed by atoms with Gasteiger partial charge in [-0.3, -0.25) is 4.98 Å². The molecule has 0 fully saturated rings. The summed E-state index contributed by atoms with van der Waals surface area (Å²) < 4.78 is 13.2. The molecule has 1 heterocycles. The minimum absolute atomic E-state index is 0.219. The Hall–Kier alpha value is -1.61. The van der Waals surface area contributed by atoms with Crippen molar-refractivity contribution in [3.63, 3.8) is 0 Å². The summed E-state index contributed by atoms with van der Waals surface area (Å²) in [7, 11) is 0. The standard InChI is InChI=1S/C12H10ClFN2/c1-7-2-8(6-16-5-7)10-3-9(14)4-11(13)12(10)15/h2-6H,15H2,1H3. The van der Waals surface area contributed by atoms with Gasteiger partial charge in [0.1, 0.15) is 5.82 Å². The molecule has 0 atom stereocenters. The molecule has 2 nitrogen and oxygen atoms in total. The van der Waals surface area contributed by atoms with Gasteiger partial charge in [-0.1, -0.05) is 11.6 Å². The van der Waals surface area contributed by atoms with E-state index in [2.05, 4.69) is 4.98 Å². The second-order valence-electron chi connectivity index (χ2n) is 3.60. The summed E-state index contributed by atoms with van der Waals surface area (Å²) in [6.45, 7) is 1.91. The fourth-order valence-electron chi connectivity index (χ4n) is 1.53. The van der Waals surface area contributed by atoms with Crippen LogP contribution in [0.5, 0.6) is 0 Å². The molecule has 0 unspecified atom stereocenters. The van der Waals surface area contributed by atoms with E-state index in [1.807, 2.05) is 13.0 Å². The summed E-state index contributed by atoms with van der Waals surface area (Å²) in [6, 6.07) is 4.44. The van der Waals surface area contributed by atoms with Crippen molar-refractivity contribution in [3.05, 3.63) is 47.0 Å². The lowest BCUT2D eigenvalue weighted by molar-refractivity contribution is 0.628. The number of nitrogens with zero attached hydrogens (tertiary/aromatic N) is 1. The minimum Gasteiger partial charge on any atom is -0.397 e. The monoisotopic (exact) mass is 236 g/mol. The molecule has 2 rings (SSSR count). The fraction of sp³-hybridized carbons (Fsp3) is 0.0833. The molecule has 0 saturated heterocycles. The van der Waals surface area contributed by atoms with E-state index in [0.29, 0.717) is 11.3 Å². The average molecular weight is 237 g/mol. The summed E-state index contributed by atoms with van der Waals surface area (Å²) in [5.41, 5.74) is 8.50. The number of benzene rings is 1. The maximum absolute atomic E-state index is 13.2. The van der Waals surface area contributed by atoms with Crippen molar-refractivity contribution in [2.24, 2.45) is 0 Å². The lowest BCUT2D eigenvalue weighted by Crippen LogP contribution is -1.94. The van der Waals surface area contributed by atoms with E-state index in [1.165, 1.54) is 12.1 Å². The maximum atomic E-state index is 13.2. The van der Waals surface area contributed by atoms with Gasteiger partial charge in [0.15, 0.2) is 0 Å². The Balaban J connectivity index is 2.64. The van der Waals surface area contributed by atoms with Crippen molar-refractivity contribution >= 4 is 17.3 Å². The number of rotatable bonds is 1. The largest absolute Gasteiger partial charge is 0.397 e. The van der Waals surface area contributed by atoms with Gasteiger partial charge in [-0.15, -0.1) is 0 Å². The van der Waals surface area contributed by atoms with E-state index in [1.54, 1.807) is 12.4 Å². The molecule has 2 aromatic rings. The van der Waals surface area contributed by atoms with Crippen LogP contribution < -0.4 is 5.73 Å². The van der Waals surface area contributed by atoms with E-state index < -0.39 is 5.82 Å². The van der Waals surface area contributed by atoms with Gasteiger partial charge in [0.05, 0.1) is 10.7 Å². The van der Waals surface area contributed by atoms with Crippen LogP contribution in [-0.2, 0) is 0 Å². The van der Waals surface area contributed by atoms with Crippen LogP contribution in [0.3, 0.4) is 0 Å². The first-order chi connectivity index (χ1) is 7.58. The highest BCUT2D eigenvalue weighted by molar-refractivity contribution is 6.33. The second-order valence-corrected chi connectivity index (χ2v) is 4.01. The van der Waals surface area contributed by atoms with E-state index in [9.17, 15) is 4.39 Å². The number of pyridine rings is 1. The number of aryl methyl sites for hydroxylation is 1. The van der Waals surface area contributed by atoms with Crippen LogP contribution in [0.2, 0.25) is 5.02 Å². The molecule has 0 amide bonds. The first-order valence-electron chi connectivity index (χ1n) is 4.74. The first-order valence-corrected chi connectivity index (χ1v) is 5.12. The topological polar surface area (TPSA) is 38.9 Å². The third-order valence-electron chi connectivity index (χ3n) is 2.28. The number of nitrogens with two attached hydrogens (primary N) is 1. The summed E-state index contributed by atoms with van der Waals surface area (Å²) in [6.07, 6.45) is 3.36. The van der Waals surface area contributed by atoms with Crippen LogP contribution in [0.15, 0.2) is 30.6 Å². The highest BCUT2D eigenvalue weighted by Crippen LogP contribution is 2.32. The highest BCUT2D eigenvalue weighted by atomic mass is 35.5. The number of halogens is 2. The molecular weight excluding hydrogens is 227 g/mol. The van der Waals surface area contributed by atoms with Crippen LogP contribution >= 0.6 is 11.6 Å². The van der Waals surface area contributed by atoms with E-state index >= 15 is 0 Å². The third-order valence-corrected chi connectivity index (χ3v) is 2.59. The predicted molar refractivity (Wildman–Crippen MR) is 63.8 cm³/mol. The van der Waals surface area contributed by atoms with Crippen LogP contribution in [0, 0.1) is 12.7 Å². The summed E-state index contributed by atoms with van der Waals surface area (Å²) >= 11 is 5.82. The number of hydrogen-bond donors (Lipinski definition) is 1. The van der Waals surface area contributed by atoms with Crippen molar-refractivity contribution in [3.8, 4) is 11.1 Å². The zero-order valence-electron chi connectivity index (χ0n) is 8.67. The molecule has 0 spiro atoms. The number of aromatic nitrogens is 1. The molecule has 0 aliphatic heterocycles. The van der Waals surface area contributed by atoms with Crippen LogP contribution in [0.1, 0.15) is 5.56 Å². The normalized spacial score (nSPS) is 10.4. The van der Waals surface area contributed by atoms with Crippen molar-refractivity contribution in [2.75, 3.05) is 5.73 Å². The van der Waals surface area contributed by atoms with Crippen molar-refractivity contribution < 1.29 is 4.39 Å². The maximum Gasteiger partial charge on any atom is 0.125 e. The van der Waals surface area contributed by atoms with Gasteiger partial charge in [0, 0.05) is 23.5 Å².